The van der Waals surface area contributed by atoms with Gasteiger partial charge in [-0.2, -0.15) is 15.0 Å². The second kappa shape index (κ2) is 6.22. The number of anilines is 2. The molecule has 0 spiro atoms. The van der Waals surface area contributed by atoms with Gasteiger partial charge in [-0.05, 0) is 12.3 Å². The van der Waals surface area contributed by atoms with Crippen LogP contribution in [0.5, 0.6) is 6.01 Å². The van der Waals surface area contributed by atoms with E-state index in [4.69, 9.17) is 10.5 Å². The van der Waals surface area contributed by atoms with Gasteiger partial charge in [0.1, 0.15) is 0 Å². The summed E-state index contributed by atoms with van der Waals surface area (Å²) in [6, 6.07) is 0.296. The average molecular weight is 239 g/mol. The predicted octanol–water partition coefficient (Wildman–Crippen LogP) is 1.33. The van der Waals surface area contributed by atoms with Gasteiger partial charge >= 0.3 is 6.01 Å². The van der Waals surface area contributed by atoms with Crippen LogP contribution in [0.4, 0.5) is 11.9 Å². The number of nitrogens with two attached hydrogens (primary N) is 1. The average Bonchev–Trinajstić information content (AvgIpc) is 2.24. The van der Waals surface area contributed by atoms with E-state index in [1.54, 1.807) is 0 Å². The second-order valence-electron chi connectivity index (χ2n) is 4.40. The maximum Gasteiger partial charge on any atom is 0.323 e. The Labute approximate surface area is 102 Å². The molecule has 0 aromatic carbocycles. The second-order valence-corrected chi connectivity index (χ2v) is 4.40. The van der Waals surface area contributed by atoms with Crippen LogP contribution in [0.25, 0.3) is 0 Å². The SMILES string of the molecule is CCCOc1nc(N)nc(N(C)CC(C)C)n1. The van der Waals surface area contributed by atoms with Crippen LogP contribution >= 0.6 is 0 Å². The molecule has 17 heavy (non-hydrogen) atoms. The molecule has 0 aliphatic carbocycles. The van der Waals surface area contributed by atoms with Crippen molar-refractivity contribution in [1.29, 1.82) is 0 Å². The fourth-order valence-electron chi connectivity index (χ4n) is 1.42. The van der Waals surface area contributed by atoms with Crippen LogP contribution in [0.3, 0.4) is 0 Å². The summed E-state index contributed by atoms with van der Waals surface area (Å²) in [6.07, 6.45) is 0.906. The van der Waals surface area contributed by atoms with Crippen LogP contribution in [-0.2, 0) is 0 Å². The third-order valence-corrected chi connectivity index (χ3v) is 2.04. The van der Waals surface area contributed by atoms with Crippen molar-refractivity contribution in [2.45, 2.75) is 27.2 Å². The fourth-order valence-corrected chi connectivity index (χ4v) is 1.42. The lowest BCUT2D eigenvalue weighted by Crippen LogP contribution is -2.25. The summed E-state index contributed by atoms with van der Waals surface area (Å²) in [6.45, 7) is 7.73. The minimum atomic E-state index is 0.191. The summed E-state index contributed by atoms with van der Waals surface area (Å²) < 4.78 is 5.36. The molecule has 0 bridgehead atoms. The van der Waals surface area contributed by atoms with E-state index in [9.17, 15) is 0 Å². The smallest absolute Gasteiger partial charge is 0.323 e. The Hall–Kier alpha value is -1.59. The van der Waals surface area contributed by atoms with Crippen molar-refractivity contribution in [2.75, 3.05) is 30.8 Å². The molecule has 6 heteroatoms. The standard InChI is InChI=1S/C11H21N5O/c1-5-6-17-11-14-9(12)13-10(15-11)16(4)7-8(2)3/h8H,5-7H2,1-4H3,(H2,12,13,14,15). The molecular formula is C11H21N5O. The fraction of sp³-hybridized carbons (Fsp3) is 0.727. The first kappa shape index (κ1) is 13.5. The molecule has 0 saturated carbocycles. The molecule has 0 atom stereocenters. The van der Waals surface area contributed by atoms with Crippen molar-refractivity contribution >= 4 is 11.9 Å². The molecule has 0 radical (unpaired) electrons. The first-order chi connectivity index (χ1) is 8.02. The molecule has 6 nitrogen and oxygen atoms in total. The first-order valence-electron chi connectivity index (χ1n) is 5.88. The zero-order valence-corrected chi connectivity index (χ0v) is 11.0. The summed E-state index contributed by atoms with van der Waals surface area (Å²) in [5.74, 6) is 1.27. The molecule has 0 aliphatic rings. The summed E-state index contributed by atoms with van der Waals surface area (Å²) in [5, 5.41) is 0. The van der Waals surface area contributed by atoms with E-state index in [1.165, 1.54) is 0 Å². The summed E-state index contributed by atoms with van der Waals surface area (Å²) in [4.78, 5) is 14.2. The lowest BCUT2D eigenvalue weighted by Gasteiger charge is -2.19. The Morgan fingerprint density at radius 2 is 2.00 bits per heavy atom. The molecule has 2 N–H and O–H groups in total. The van der Waals surface area contributed by atoms with Crippen LogP contribution in [0, 0.1) is 5.92 Å². The van der Waals surface area contributed by atoms with Gasteiger partial charge in [0.25, 0.3) is 0 Å². The minimum absolute atomic E-state index is 0.191. The van der Waals surface area contributed by atoms with Crippen LogP contribution in [0.2, 0.25) is 0 Å². The van der Waals surface area contributed by atoms with Gasteiger partial charge in [0.2, 0.25) is 11.9 Å². The molecule has 1 heterocycles. The molecule has 0 aliphatic heterocycles. The number of ether oxygens (including phenoxy) is 1. The Bertz CT molecular complexity index is 356. The minimum Gasteiger partial charge on any atom is -0.463 e. The van der Waals surface area contributed by atoms with Crippen molar-refractivity contribution in [1.82, 2.24) is 15.0 Å². The maximum atomic E-state index is 5.63. The topological polar surface area (TPSA) is 77.2 Å². The van der Waals surface area contributed by atoms with Gasteiger partial charge in [-0.3, -0.25) is 0 Å². The number of hydrogen-bond acceptors (Lipinski definition) is 6. The van der Waals surface area contributed by atoms with Gasteiger partial charge in [-0.1, -0.05) is 20.8 Å². The largest absolute Gasteiger partial charge is 0.463 e. The zero-order chi connectivity index (χ0) is 12.8. The Morgan fingerprint density at radius 3 is 2.59 bits per heavy atom. The van der Waals surface area contributed by atoms with Crippen molar-refractivity contribution in [2.24, 2.45) is 5.92 Å². The van der Waals surface area contributed by atoms with Gasteiger partial charge < -0.3 is 15.4 Å². The number of nitrogen functional groups attached to an aromatic ring is 1. The van der Waals surface area contributed by atoms with E-state index in [0.29, 0.717) is 24.5 Å². The molecule has 0 unspecified atom stereocenters. The molecular weight excluding hydrogens is 218 g/mol. The highest BCUT2D eigenvalue weighted by Crippen LogP contribution is 2.13. The van der Waals surface area contributed by atoms with Crippen molar-refractivity contribution in [3.05, 3.63) is 0 Å². The van der Waals surface area contributed by atoms with E-state index in [-0.39, 0.29) is 5.95 Å². The molecule has 96 valence electrons. The zero-order valence-electron chi connectivity index (χ0n) is 11.0. The molecule has 0 amide bonds. The molecule has 0 saturated heterocycles. The Kier molecular flexibility index (Phi) is 4.93. The summed E-state index contributed by atoms with van der Waals surface area (Å²) >= 11 is 0. The van der Waals surface area contributed by atoms with Crippen LogP contribution < -0.4 is 15.4 Å². The highest BCUT2D eigenvalue weighted by atomic mass is 16.5. The summed E-state index contributed by atoms with van der Waals surface area (Å²) in [7, 11) is 1.93. The van der Waals surface area contributed by atoms with Crippen molar-refractivity contribution < 1.29 is 4.74 Å². The third-order valence-electron chi connectivity index (χ3n) is 2.04. The van der Waals surface area contributed by atoms with Gasteiger partial charge in [-0.15, -0.1) is 0 Å². The van der Waals surface area contributed by atoms with E-state index in [1.807, 2.05) is 18.9 Å². The Morgan fingerprint density at radius 1 is 1.29 bits per heavy atom. The highest BCUT2D eigenvalue weighted by Gasteiger charge is 2.10. The lowest BCUT2D eigenvalue weighted by atomic mass is 10.2. The van der Waals surface area contributed by atoms with Gasteiger partial charge in [-0.25, -0.2) is 0 Å². The highest BCUT2D eigenvalue weighted by molar-refractivity contribution is 5.34. The first-order valence-corrected chi connectivity index (χ1v) is 5.88. The Balaban J connectivity index is 2.80. The lowest BCUT2D eigenvalue weighted by molar-refractivity contribution is 0.292. The maximum absolute atomic E-state index is 5.63. The van der Waals surface area contributed by atoms with Crippen LogP contribution in [-0.4, -0.2) is 35.2 Å². The van der Waals surface area contributed by atoms with Crippen LogP contribution in [0.1, 0.15) is 27.2 Å². The number of aromatic nitrogens is 3. The van der Waals surface area contributed by atoms with Crippen molar-refractivity contribution in [3.8, 4) is 6.01 Å². The molecule has 1 rings (SSSR count). The van der Waals surface area contributed by atoms with Crippen molar-refractivity contribution in [3.63, 3.8) is 0 Å². The number of hydrogen-bond donors (Lipinski definition) is 1. The molecule has 0 fully saturated rings. The van der Waals surface area contributed by atoms with E-state index < -0.39 is 0 Å². The van der Waals surface area contributed by atoms with Gasteiger partial charge in [0.05, 0.1) is 6.61 Å². The van der Waals surface area contributed by atoms with E-state index >= 15 is 0 Å². The molecule has 1 aromatic heterocycles. The van der Waals surface area contributed by atoms with Gasteiger partial charge in [0, 0.05) is 13.6 Å². The van der Waals surface area contributed by atoms with Crippen LogP contribution in [0.15, 0.2) is 0 Å². The number of rotatable bonds is 6. The quantitative estimate of drug-likeness (QED) is 0.807. The van der Waals surface area contributed by atoms with Gasteiger partial charge in [0.15, 0.2) is 0 Å². The van der Waals surface area contributed by atoms with E-state index in [2.05, 4.69) is 28.8 Å². The monoisotopic (exact) mass is 239 g/mol. The van der Waals surface area contributed by atoms with E-state index in [0.717, 1.165) is 13.0 Å². The predicted molar refractivity (Wildman–Crippen MR) is 68.1 cm³/mol. The normalized spacial score (nSPS) is 10.6. The number of nitrogens with zero attached hydrogens (tertiary/aromatic N) is 4. The molecule has 1 aromatic rings. The third kappa shape index (κ3) is 4.42. The summed E-state index contributed by atoms with van der Waals surface area (Å²) in [5.41, 5.74) is 5.63.